The van der Waals surface area contributed by atoms with Crippen molar-refractivity contribution < 1.29 is 24.8 Å². The molecule has 0 aromatic carbocycles. The number of hydrogen-bond donors (Lipinski definition) is 4. The molecule has 1 heterocycles. The van der Waals surface area contributed by atoms with E-state index < -0.39 is 30.6 Å². The average molecular weight is 328 g/mol. The van der Waals surface area contributed by atoms with Crippen molar-refractivity contribution in [2.24, 2.45) is 5.73 Å². The topological polar surface area (TPSA) is 105 Å². The molecule has 6 nitrogen and oxygen atoms in total. The molecule has 5 atom stereocenters. The second-order valence-electron chi connectivity index (χ2n) is 5.42. The van der Waals surface area contributed by atoms with Gasteiger partial charge in [0.1, 0.15) is 18.3 Å². The summed E-state index contributed by atoms with van der Waals surface area (Å²) >= 11 is 0. The zero-order valence-corrected chi connectivity index (χ0v) is 13.5. The maximum absolute atomic E-state index is 9.77. The van der Waals surface area contributed by atoms with Crippen LogP contribution in [0.15, 0.2) is 0 Å². The Bertz CT molecular complexity index is 258. The molecule has 1 rings (SSSR count). The largest absolute Gasteiger partial charge is 0.394 e. The normalized spacial score (nSPS) is 32.7. The third-order valence-electron chi connectivity index (χ3n) is 3.71. The molecule has 1 aliphatic rings. The molecule has 0 saturated carbocycles. The zero-order valence-electron chi connectivity index (χ0n) is 12.7. The third kappa shape index (κ3) is 6.78. The molecule has 0 aromatic rings. The minimum Gasteiger partial charge on any atom is -0.394 e. The van der Waals surface area contributed by atoms with Crippen molar-refractivity contribution in [3.63, 3.8) is 0 Å². The molecule has 0 amide bonds. The first-order valence-electron chi connectivity index (χ1n) is 7.61. The Morgan fingerprint density at radius 2 is 1.67 bits per heavy atom. The van der Waals surface area contributed by atoms with Crippen LogP contribution in [-0.2, 0) is 9.47 Å². The summed E-state index contributed by atoms with van der Waals surface area (Å²) in [4.78, 5) is 0. The monoisotopic (exact) mass is 327 g/mol. The van der Waals surface area contributed by atoms with Crippen LogP contribution >= 0.6 is 12.4 Å². The molecule has 21 heavy (non-hydrogen) atoms. The minimum atomic E-state index is -1.18. The van der Waals surface area contributed by atoms with Crippen molar-refractivity contribution in [1.29, 1.82) is 0 Å². The maximum atomic E-state index is 9.77. The molecule has 0 aromatic heterocycles. The first-order valence-corrected chi connectivity index (χ1v) is 7.61. The Labute approximate surface area is 133 Å². The molecule has 0 spiro atoms. The number of halogens is 1. The number of ether oxygens (including phenoxy) is 2. The van der Waals surface area contributed by atoms with Gasteiger partial charge >= 0.3 is 0 Å². The van der Waals surface area contributed by atoms with Gasteiger partial charge in [-0.15, -0.1) is 12.4 Å². The summed E-state index contributed by atoms with van der Waals surface area (Å²) in [6, 6.07) is -0.798. The van der Waals surface area contributed by atoms with E-state index in [0.29, 0.717) is 6.61 Å². The van der Waals surface area contributed by atoms with E-state index in [1.54, 1.807) is 0 Å². The van der Waals surface area contributed by atoms with E-state index >= 15 is 0 Å². The van der Waals surface area contributed by atoms with Crippen LogP contribution < -0.4 is 5.73 Å². The Balaban J connectivity index is 0.00000400. The van der Waals surface area contributed by atoms with Crippen molar-refractivity contribution in [1.82, 2.24) is 0 Å². The molecular weight excluding hydrogens is 298 g/mol. The van der Waals surface area contributed by atoms with Crippen LogP contribution in [0.4, 0.5) is 0 Å². The van der Waals surface area contributed by atoms with Crippen molar-refractivity contribution in [3.8, 4) is 0 Å². The first kappa shape index (κ1) is 21.0. The predicted molar refractivity (Wildman–Crippen MR) is 82.3 cm³/mol. The summed E-state index contributed by atoms with van der Waals surface area (Å²) in [5.41, 5.74) is 5.77. The fourth-order valence-electron chi connectivity index (χ4n) is 2.34. The van der Waals surface area contributed by atoms with Gasteiger partial charge in [0.25, 0.3) is 0 Å². The van der Waals surface area contributed by atoms with E-state index in [0.717, 1.165) is 12.8 Å². The fourth-order valence-corrected chi connectivity index (χ4v) is 2.34. The summed E-state index contributed by atoms with van der Waals surface area (Å²) in [6.07, 6.45) is 2.99. The van der Waals surface area contributed by atoms with Crippen LogP contribution in [-0.4, -0.2) is 59.2 Å². The summed E-state index contributed by atoms with van der Waals surface area (Å²) in [5, 5.41) is 28.5. The van der Waals surface area contributed by atoms with Crippen LogP contribution in [0.2, 0.25) is 0 Å². The van der Waals surface area contributed by atoms with Gasteiger partial charge in [-0.3, -0.25) is 0 Å². The molecule has 128 valence electrons. The molecule has 0 bridgehead atoms. The van der Waals surface area contributed by atoms with Crippen LogP contribution in [0.1, 0.15) is 45.4 Å². The average Bonchev–Trinajstić information content (AvgIpc) is 2.46. The number of aliphatic hydroxyl groups excluding tert-OH is 3. The smallest absolute Gasteiger partial charge is 0.175 e. The summed E-state index contributed by atoms with van der Waals surface area (Å²) < 4.78 is 10.9. The van der Waals surface area contributed by atoms with Gasteiger partial charge in [-0.1, -0.05) is 39.0 Å². The lowest BCUT2D eigenvalue weighted by molar-refractivity contribution is -0.265. The highest BCUT2D eigenvalue weighted by Gasteiger charge is 2.42. The van der Waals surface area contributed by atoms with E-state index in [9.17, 15) is 10.2 Å². The van der Waals surface area contributed by atoms with Gasteiger partial charge in [-0.05, 0) is 6.42 Å². The highest BCUT2D eigenvalue weighted by atomic mass is 35.5. The van der Waals surface area contributed by atoms with Gasteiger partial charge in [-0.25, -0.2) is 0 Å². The number of hydrogen-bond acceptors (Lipinski definition) is 6. The van der Waals surface area contributed by atoms with Crippen molar-refractivity contribution in [2.45, 2.75) is 76.1 Å². The number of unbranched alkanes of at least 4 members (excludes halogenated alkanes) is 5. The van der Waals surface area contributed by atoms with Crippen LogP contribution in [0.5, 0.6) is 0 Å². The highest BCUT2D eigenvalue weighted by molar-refractivity contribution is 5.85. The van der Waals surface area contributed by atoms with E-state index in [4.69, 9.17) is 20.3 Å². The Hall–Kier alpha value is 0.0500. The fraction of sp³-hybridized carbons (Fsp3) is 1.00. The quantitative estimate of drug-likeness (QED) is 0.461. The second-order valence-corrected chi connectivity index (χ2v) is 5.42. The highest BCUT2D eigenvalue weighted by Crippen LogP contribution is 2.21. The Morgan fingerprint density at radius 1 is 1.05 bits per heavy atom. The number of aliphatic hydroxyl groups is 3. The van der Waals surface area contributed by atoms with E-state index in [1.807, 2.05) is 0 Å². The van der Waals surface area contributed by atoms with Gasteiger partial charge in [0, 0.05) is 6.61 Å². The molecule has 1 aliphatic heterocycles. The first-order chi connectivity index (χ1) is 9.61. The summed E-state index contributed by atoms with van der Waals surface area (Å²) in [6.45, 7) is 2.31. The lowest BCUT2D eigenvalue weighted by Crippen LogP contribution is -2.62. The van der Waals surface area contributed by atoms with Gasteiger partial charge in [0.2, 0.25) is 0 Å². The van der Waals surface area contributed by atoms with E-state index in [-0.39, 0.29) is 19.0 Å². The van der Waals surface area contributed by atoms with E-state index in [2.05, 4.69) is 6.92 Å². The summed E-state index contributed by atoms with van der Waals surface area (Å²) in [5.74, 6) is 0. The minimum absolute atomic E-state index is 0. The SMILES string of the molecule is CCCCCCCCO[C@H]1O[C@H](CO)[C@@H](O)[C@H](O)[C@H]1N.Cl. The molecule has 7 heteroatoms. The maximum Gasteiger partial charge on any atom is 0.175 e. The molecular formula is C14H30ClNO5. The lowest BCUT2D eigenvalue weighted by atomic mass is 9.98. The van der Waals surface area contributed by atoms with Crippen molar-refractivity contribution >= 4 is 12.4 Å². The van der Waals surface area contributed by atoms with E-state index in [1.165, 1.54) is 25.7 Å². The second kappa shape index (κ2) is 11.6. The number of rotatable bonds is 9. The van der Waals surface area contributed by atoms with Crippen molar-refractivity contribution in [2.75, 3.05) is 13.2 Å². The van der Waals surface area contributed by atoms with Crippen molar-refractivity contribution in [3.05, 3.63) is 0 Å². The van der Waals surface area contributed by atoms with Gasteiger partial charge in [0.15, 0.2) is 6.29 Å². The number of nitrogens with two attached hydrogens (primary N) is 1. The zero-order chi connectivity index (χ0) is 15.0. The molecule has 5 N–H and O–H groups in total. The van der Waals surface area contributed by atoms with Crippen LogP contribution in [0, 0.1) is 0 Å². The molecule has 1 saturated heterocycles. The van der Waals surface area contributed by atoms with Gasteiger partial charge in [-0.2, -0.15) is 0 Å². The molecule has 0 unspecified atom stereocenters. The van der Waals surface area contributed by atoms with Gasteiger partial charge in [0.05, 0.1) is 12.6 Å². The Morgan fingerprint density at radius 3 is 2.29 bits per heavy atom. The van der Waals surface area contributed by atoms with Gasteiger partial charge < -0.3 is 30.5 Å². The molecule has 1 fully saturated rings. The van der Waals surface area contributed by atoms with Crippen LogP contribution in [0.25, 0.3) is 0 Å². The predicted octanol–water partition coefficient (Wildman–Crippen LogP) is 0.552. The third-order valence-corrected chi connectivity index (χ3v) is 3.71. The molecule has 0 radical (unpaired) electrons. The Kier molecular flexibility index (Phi) is 11.6. The standard InChI is InChI=1S/C14H29NO5.ClH/c1-2-3-4-5-6-7-8-19-14-11(15)13(18)12(17)10(9-16)20-14;/h10-14,16-18H,2-9,15H2,1H3;1H/t10-,11-,12-,13-,14+;/m1./s1. The summed E-state index contributed by atoms with van der Waals surface area (Å²) in [7, 11) is 0. The molecule has 0 aliphatic carbocycles. The lowest BCUT2D eigenvalue weighted by Gasteiger charge is -2.40. The van der Waals surface area contributed by atoms with Crippen LogP contribution in [0.3, 0.4) is 0 Å².